The lowest BCUT2D eigenvalue weighted by Crippen LogP contribution is -2.15. The van der Waals surface area contributed by atoms with Crippen LogP contribution in [0.2, 0.25) is 0 Å². The third-order valence-corrected chi connectivity index (χ3v) is 1.49. The van der Waals surface area contributed by atoms with Crippen molar-refractivity contribution in [1.82, 2.24) is 14.9 Å². The molecule has 1 heterocycles. The third-order valence-electron chi connectivity index (χ3n) is 1.49. The van der Waals surface area contributed by atoms with Crippen LogP contribution in [-0.4, -0.2) is 16.1 Å². The fraction of sp³-hybridized carbons (Fsp3) is 0.375. The summed E-state index contributed by atoms with van der Waals surface area (Å²) in [5.41, 5.74) is 0. The normalized spacial score (nSPS) is 9.91. The number of nitrogens with one attached hydrogen (secondary N) is 1. The molecule has 0 spiro atoms. The van der Waals surface area contributed by atoms with Gasteiger partial charge in [0.1, 0.15) is 5.82 Å². The van der Waals surface area contributed by atoms with Gasteiger partial charge in [0.2, 0.25) is 0 Å². The summed E-state index contributed by atoms with van der Waals surface area (Å²) in [6.45, 7) is 5.24. The fourth-order valence-electron chi connectivity index (χ4n) is 0.853. The Bertz CT molecular complexity index is 227. The van der Waals surface area contributed by atoms with Crippen LogP contribution in [0.25, 0.3) is 0 Å². The van der Waals surface area contributed by atoms with Gasteiger partial charge in [-0.15, -0.1) is 6.58 Å². The van der Waals surface area contributed by atoms with Crippen molar-refractivity contribution in [3.05, 3.63) is 30.9 Å². The van der Waals surface area contributed by atoms with E-state index in [9.17, 15) is 0 Å². The van der Waals surface area contributed by atoms with Gasteiger partial charge in [-0.1, -0.05) is 6.08 Å². The standard InChI is InChI=1S/C8H13N3/c1-3-4-9-7-8-10-5-6-11(8)2/h3,5-6,9H,1,4,7H2,2H3. The van der Waals surface area contributed by atoms with Gasteiger partial charge in [0, 0.05) is 26.0 Å². The van der Waals surface area contributed by atoms with Crippen molar-refractivity contribution in [1.29, 1.82) is 0 Å². The monoisotopic (exact) mass is 151 g/mol. The van der Waals surface area contributed by atoms with Crippen molar-refractivity contribution in [2.75, 3.05) is 6.54 Å². The van der Waals surface area contributed by atoms with Crippen LogP contribution in [0.3, 0.4) is 0 Å². The maximum absolute atomic E-state index is 4.15. The summed E-state index contributed by atoms with van der Waals surface area (Å²) in [5.74, 6) is 1.05. The van der Waals surface area contributed by atoms with E-state index >= 15 is 0 Å². The molecule has 0 atom stereocenters. The largest absolute Gasteiger partial charge is 0.337 e. The lowest BCUT2D eigenvalue weighted by atomic mass is 10.5. The maximum Gasteiger partial charge on any atom is 0.122 e. The van der Waals surface area contributed by atoms with Gasteiger partial charge in [-0.05, 0) is 0 Å². The van der Waals surface area contributed by atoms with E-state index in [1.807, 2.05) is 23.9 Å². The van der Waals surface area contributed by atoms with E-state index in [0.29, 0.717) is 0 Å². The molecular formula is C8H13N3. The van der Waals surface area contributed by atoms with Crippen molar-refractivity contribution < 1.29 is 0 Å². The number of rotatable bonds is 4. The Morgan fingerprint density at radius 3 is 3.18 bits per heavy atom. The van der Waals surface area contributed by atoms with Crippen LogP contribution in [0.5, 0.6) is 0 Å². The number of imidazole rings is 1. The molecule has 0 fully saturated rings. The number of aryl methyl sites for hydroxylation is 1. The van der Waals surface area contributed by atoms with Gasteiger partial charge in [0.05, 0.1) is 6.54 Å². The molecule has 0 radical (unpaired) electrons. The van der Waals surface area contributed by atoms with E-state index in [2.05, 4.69) is 16.9 Å². The Labute approximate surface area is 66.8 Å². The number of nitrogens with zero attached hydrogens (tertiary/aromatic N) is 2. The fourth-order valence-corrected chi connectivity index (χ4v) is 0.853. The van der Waals surface area contributed by atoms with Gasteiger partial charge in [-0.25, -0.2) is 4.98 Å². The van der Waals surface area contributed by atoms with Crippen molar-refractivity contribution in [3.8, 4) is 0 Å². The molecule has 1 rings (SSSR count). The van der Waals surface area contributed by atoms with Crippen LogP contribution >= 0.6 is 0 Å². The molecule has 0 amide bonds. The lowest BCUT2D eigenvalue weighted by molar-refractivity contribution is 0.680. The molecule has 0 saturated heterocycles. The molecule has 0 saturated carbocycles. The Balaban J connectivity index is 2.38. The zero-order valence-electron chi connectivity index (χ0n) is 6.75. The first-order valence-electron chi connectivity index (χ1n) is 3.62. The SMILES string of the molecule is C=CCNCc1nccn1C. The molecule has 3 heteroatoms. The Morgan fingerprint density at radius 2 is 2.64 bits per heavy atom. The summed E-state index contributed by atoms with van der Waals surface area (Å²) in [4.78, 5) is 4.15. The van der Waals surface area contributed by atoms with Crippen molar-refractivity contribution in [3.63, 3.8) is 0 Å². The van der Waals surface area contributed by atoms with Crippen LogP contribution in [0, 0.1) is 0 Å². The summed E-state index contributed by atoms with van der Waals surface area (Å²) >= 11 is 0. The molecule has 1 N–H and O–H groups in total. The van der Waals surface area contributed by atoms with E-state index < -0.39 is 0 Å². The predicted molar refractivity (Wildman–Crippen MR) is 45.1 cm³/mol. The second-order valence-corrected chi connectivity index (χ2v) is 2.37. The molecule has 3 nitrogen and oxygen atoms in total. The van der Waals surface area contributed by atoms with Crippen LogP contribution in [0.1, 0.15) is 5.82 Å². The first kappa shape index (κ1) is 8.01. The summed E-state index contributed by atoms with van der Waals surface area (Å²) in [5, 5.41) is 3.18. The summed E-state index contributed by atoms with van der Waals surface area (Å²) < 4.78 is 2.00. The van der Waals surface area contributed by atoms with Gasteiger partial charge in [-0.3, -0.25) is 0 Å². The maximum atomic E-state index is 4.15. The molecular weight excluding hydrogens is 138 g/mol. The van der Waals surface area contributed by atoms with E-state index in [1.165, 1.54) is 0 Å². The van der Waals surface area contributed by atoms with Crippen LogP contribution in [0.4, 0.5) is 0 Å². The number of hydrogen-bond donors (Lipinski definition) is 1. The van der Waals surface area contributed by atoms with E-state index in [-0.39, 0.29) is 0 Å². The zero-order chi connectivity index (χ0) is 8.10. The van der Waals surface area contributed by atoms with Crippen LogP contribution in [0.15, 0.2) is 25.0 Å². The van der Waals surface area contributed by atoms with Crippen LogP contribution in [-0.2, 0) is 13.6 Å². The molecule has 1 aromatic heterocycles. The highest BCUT2D eigenvalue weighted by Crippen LogP contribution is 1.91. The van der Waals surface area contributed by atoms with E-state index in [1.54, 1.807) is 6.20 Å². The molecule has 0 aliphatic rings. The van der Waals surface area contributed by atoms with Gasteiger partial charge in [0.15, 0.2) is 0 Å². The topological polar surface area (TPSA) is 29.9 Å². The quantitative estimate of drug-likeness (QED) is 0.507. The molecule has 0 aliphatic carbocycles. The molecule has 60 valence electrons. The molecule has 11 heavy (non-hydrogen) atoms. The minimum absolute atomic E-state index is 0.801. The van der Waals surface area contributed by atoms with Gasteiger partial charge in [0.25, 0.3) is 0 Å². The molecule has 0 aliphatic heterocycles. The van der Waals surface area contributed by atoms with Gasteiger partial charge in [-0.2, -0.15) is 0 Å². The van der Waals surface area contributed by atoms with Crippen molar-refractivity contribution in [2.45, 2.75) is 6.54 Å². The van der Waals surface area contributed by atoms with E-state index in [4.69, 9.17) is 0 Å². The molecule has 1 aromatic rings. The second kappa shape index (κ2) is 3.93. The van der Waals surface area contributed by atoms with E-state index in [0.717, 1.165) is 18.9 Å². The second-order valence-electron chi connectivity index (χ2n) is 2.37. The van der Waals surface area contributed by atoms with Gasteiger partial charge < -0.3 is 9.88 Å². The Morgan fingerprint density at radius 1 is 1.82 bits per heavy atom. The lowest BCUT2D eigenvalue weighted by Gasteiger charge is -2.00. The average molecular weight is 151 g/mol. The smallest absolute Gasteiger partial charge is 0.122 e. The summed E-state index contributed by atoms with van der Waals surface area (Å²) in [6, 6.07) is 0. The zero-order valence-corrected chi connectivity index (χ0v) is 6.75. The highest BCUT2D eigenvalue weighted by molar-refractivity contribution is 4.90. The summed E-state index contributed by atoms with van der Waals surface area (Å²) in [7, 11) is 1.98. The van der Waals surface area contributed by atoms with Crippen molar-refractivity contribution in [2.24, 2.45) is 7.05 Å². The predicted octanol–water partition coefficient (Wildman–Crippen LogP) is 0.696. The minimum atomic E-state index is 0.801. The first-order chi connectivity index (χ1) is 5.34. The number of aromatic nitrogens is 2. The minimum Gasteiger partial charge on any atom is -0.337 e. The molecule has 0 aromatic carbocycles. The van der Waals surface area contributed by atoms with Gasteiger partial charge >= 0.3 is 0 Å². The molecule has 0 bridgehead atoms. The third kappa shape index (κ3) is 2.20. The highest BCUT2D eigenvalue weighted by atomic mass is 15.1. The average Bonchev–Trinajstić information content (AvgIpc) is 2.37. The Kier molecular flexibility index (Phi) is 2.86. The molecule has 0 unspecified atom stereocenters. The first-order valence-corrected chi connectivity index (χ1v) is 3.62. The Hall–Kier alpha value is -1.09. The highest BCUT2D eigenvalue weighted by Gasteiger charge is 1.95. The van der Waals surface area contributed by atoms with Crippen molar-refractivity contribution >= 4 is 0 Å². The number of hydrogen-bond acceptors (Lipinski definition) is 2. The summed E-state index contributed by atoms with van der Waals surface area (Å²) in [6.07, 6.45) is 5.57. The van der Waals surface area contributed by atoms with Crippen LogP contribution < -0.4 is 5.32 Å².